The molecule has 0 aliphatic carbocycles. The third kappa shape index (κ3) is 3.03. The maximum Gasteiger partial charge on any atom is 0.262 e. The number of amides is 1. The van der Waals surface area contributed by atoms with Crippen molar-refractivity contribution in [1.82, 2.24) is 9.38 Å². The third-order valence-corrected chi connectivity index (χ3v) is 4.04. The molecule has 0 fully saturated rings. The number of rotatable bonds is 3. The summed E-state index contributed by atoms with van der Waals surface area (Å²) in [6.45, 7) is 0. The van der Waals surface area contributed by atoms with Crippen molar-refractivity contribution in [3.63, 3.8) is 0 Å². The maximum atomic E-state index is 14.0. The van der Waals surface area contributed by atoms with Crippen LogP contribution >= 0.6 is 0 Å². The number of carbonyl (C=O) groups is 1. The Morgan fingerprint density at radius 3 is 2.30 bits per heavy atom. The van der Waals surface area contributed by atoms with E-state index < -0.39 is 28.9 Å². The Balaban J connectivity index is 1.83. The van der Waals surface area contributed by atoms with E-state index in [4.69, 9.17) is 0 Å². The molecule has 0 spiro atoms. The van der Waals surface area contributed by atoms with Crippen molar-refractivity contribution in [2.45, 2.75) is 0 Å². The second-order valence-electron chi connectivity index (χ2n) is 5.80. The number of fused-ring (bicyclic) bond motifs is 1. The monoisotopic (exact) mass is 367 g/mol. The number of halogens is 3. The molecule has 27 heavy (non-hydrogen) atoms. The van der Waals surface area contributed by atoms with E-state index in [1.54, 1.807) is 40.9 Å². The molecule has 0 saturated carbocycles. The van der Waals surface area contributed by atoms with Crippen molar-refractivity contribution >= 4 is 17.4 Å². The van der Waals surface area contributed by atoms with E-state index >= 15 is 0 Å². The quantitative estimate of drug-likeness (QED) is 0.572. The molecule has 0 atom stereocenters. The van der Waals surface area contributed by atoms with Crippen LogP contribution in [0.1, 0.15) is 10.4 Å². The highest BCUT2D eigenvalue weighted by Crippen LogP contribution is 2.29. The predicted molar refractivity (Wildman–Crippen MR) is 94.9 cm³/mol. The minimum absolute atomic E-state index is 0.255. The van der Waals surface area contributed by atoms with Crippen molar-refractivity contribution in [2.75, 3.05) is 5.32 Å². The van der Waals surface area contributed by atoms with E-state index in [2.05, 4.69) is 10.3 Å². The zero-order chi connectivity index (χ0) is 19.0. The summed E-state index contributed by atoms with van der Waals surface area (Å²) in [6, 6.07) is 15.2. The predicted octanol–water partition coefficient (Wildman–Crippen LogP) is 4.67. The van der Waals surface area contributed by atoms with Gasteiger partial charge in [-0.1, -0.05) is 36.4 Å². The van der Waals surface area contributed by atoms with Crippen LogP contribution in [0.5, 0.6) is 0 Å². The maximum absolute atomic E-state index is 14.0. The molecule has 134 valence electrons. The van der Waals surface area contributed by atoms with Gasteiger partial charge in [0.05, 0.1) is 0 Å². The summed E-state index contributed by atoms with van der Waals surface area (Å²) < 4.78 is 42.6. The van der Waals surface area contributed by atoms with Gasteiger partial charge in [-0.25, -0.2) is 18.2 Å². The molecule has 1 N–H and O–H groups in total. The Morgan fingerprint density at radius 1 is 0.926 bits per heavy atom. The van der Waals surface area contributed by atoms with E-state index in [1.165, 1.54) is 0 Å². The van der Waals surface area contributed by atoms with Gasteiger partial charge in [0.2, 0.25) is 0 Å². The summed E-state index contributed by atoms with van der Waals surface area (Å²) in [5.74, 6) is -4.43. The summed E-state index contributed by atoms with van der Waals surface area (Å²) in [7, 11) is 0. The van der Waals surface area contributed by atoms with Crippen molar-refractivity contribution in [3.8, 4) is 11.3 Å². The number of nitrogens with one attached hydrogen (secondary N) is 1. The number of benzene rings is 2. The lowest BCUT2D eigenvalue weighted by Gasteiger charge is -2.09. The smallest absolute Gasteiger partial charge is 0.262 e. The Kier molecular flexibility index (Phi) is 4.12. The zero-order valence-electron chi connectivity index (χ0n) is 13.8. The summed E-state index contributed by atoms with van der Waals surface area (Å²) in [5, 5.41) is 2.51. The molecule has 0 aliphatic heterocycles. The SMILES string of the molecule is O=C(Nc1c(-c2ccccc2)nc2ccccn12)c1c(F)cc(F)cc1F. The first-order valence-corrected chi connectivity index (χ1v) is 8.03. The van der Waals surface area contributed by atoms with Crippen LogP contribution in [0.3, 0.4) is 0 Å². The molecule has 2 aromatic heterocycles. The van der Waals surface area contributed by atoms with Crippen LogP contribution in [0.25, 0.3) is 16.9 Å². The van der Waals surface area contributed by atoms with Crippen LogP contribution in [0.2, 0.25) is 0 Å². The van der Waals surface area contributed by atoms with E-state index in [1.807, 2.05) is 18.2 Å². The number of hydrogen-bond acceptors (Lipinski definition) is 2. The number of pyridine rings is 1. The number of carbonyl (C=O) groups excluding carboxylic acids is 1. The second-order valence-corrected chi connectivity index (χ2v) is 5.80. The van der Waals surface area contributed by atoms with Gasteiger partial charge in [0, 0.05) is 23.9 Å². The molecule has 7 heteroatoms. The molecule has 0 aliphatic rings. The third-order valence-electron chi connectivity index (χ3n) is 4.04. The van der Waals surface area contributed by atoms with Crippen LogP contribution in [-0.4, -0.2) is 15.3 Å². The fraction of sp³-hybridized carbons (Fsp3) is 0. The largest absolute Gasteiger partial charge is 0.306 e. The van der Waals surface area contributed by atoms with Crippen LogP contribution < -0.4 is 5.32 Å². The first kappa shape index (κ1) is 16.8. The van der Waals surface area contributed by atoms with Gasteiger partial charge in [-0.2, -0.15) is 0 Å². The summed E-state index contributed by atoms with van der Waals surface area (Å²) in [5.41, 5.74) is 0.850. The highest BCUT2D eigenvalue weighted by molar-refractivity contribution is 6.06. The fourth-order valence-electron chi connectivity index (χ4n) is 2.84. The van der Waals surface area contributed by atoms with Crippen LogP contribution in [0.4, 0.5) is 19.0 Å². The van der Waals surface area contributed by atoms with Crippen molar-refractivity contribution in [2.24, 2.45) is 0 Å². The lowest BCUT2D eigenvalue weighted by atomic mass is 10.1. The van der Waals surface area contributed by atoms with Crippen molar-refractivity contribution < 1.29 is 18.0 Å². The van der Waals surface area contributed by atoms with Gasteiger partial charge in [0.15, 0.2) is 0 Å². The van der Waals surface area contributed by atoms with E-state index in [9.17, 15) is 18.0 Å². The standard InChI is InChI=1S/C20H12F3N3O/c21-13-10-14(22)17(15(23)11-13)20(27)25-19-18(12-6-2-1-3-7-12)24-16-8-4-5-9-26(16)19/h1-11H,(H,25,27). The Morgan fingerprint density at radius 2 is 1.59 bits per heavy atom. The molecule has 4 rings (SSSR count). The van der Waals surface area contributed by atoms with Crippen LogP contribution in [-0.2, 0) is 0 Å². The van der Waals surface area contributed by atoms with Gasteiger partial charge in [0.1, 0.15) is 40.2 Å². The van der Waals surface area contributed by atoms with Crippen molar-refractivity contribution in [1.29, 1.82) is 0 Å². The number of nitrogens with zero attached hydrogens (tertiary/aromatic N) is 2. The molecule has 0 bridgehead atoms. The van der Waals surface area contributed by atoms with E-state index in [-0.39, 0.29) is 5.82 Å². The van der Waals surface area contributed by atoms with Gasteiger partial charge < -0.3 is 5.32 Å². The first-order valence-electron chi connectivity index (χ1n) is 8.03. The summed E-state index contributed by atoms with van der Waals surface area (Å²) in [4.78, 5) is 17.0. The minimum Gasteiger partial charge on any atom is -0.306 e. The lowest BCUT2D eigenvalue weighted by Crippen LogP contribution is -2.17. The number of hydrogen-bond donors (Lipinski definition) is 1. The topological polar surface area (TPSA) is 46.4 Å². The average Bonchev–Trinajstić information content (AvgIpc) is 3.00. The summed E-state index contributed by atoms with van der Waals surface area (Å²) in [6.07, 6.45) is 1.67. The minimum atomic E-state index is -1.28. The van der Waals surface area contributed by atoms with Gasteiger partial charge in [0.25, 0.3) is 5.91 Å². The molecule has 0 radical (unpaired) electrons. The van der Waals surface area contributed by atoms with Crippen LogP contribution in [0, 0.1) is 17.5 Å². The lowest BCUT2D eigenvalue weighted by molar-refractivity contribution is 0.101. The molecule has 0 saturated heterocycles. The summed E-state index contributed by atoms with van der Waals surface area (Å²) >= 11 is 0. The van der Waals surface area contributed by atoms with Gasteiger partial charge in [-0.15, -0.1) is 0 Å². The van der Waals surface area contributed by atoms with E-state index in [0.29, 0.717) is 23.5 Å². The Hall–Kier alpha value is -3.61. The van der Waals surface area contributed by atoms with Crippen molar-refractivity contribution in [3.05, 3.63) is 89.9 Å². The molecule has 0 unspecified atom stereocenters. The van der Waals surface area contributed by atoms with Crippen LogP contribution in [0.15, 0.2) is 66.9 Å². The highest BCUT2D eigenvalue weighted by Gasteiger charge is 2.22. The van der Waals surface area contributed by atoms with Gasteiger partial charge >= 0.3 is 0 Å². The van der Waals surface area contributed by atoms with E-state index in [0.717, 1.165) is 5.56 Å². The average molecular weight is 367 g/mol. The molecule has 4 aromatic rings. The number of aromatic nitrogens is 2. The fourth-order valence-corrected chi connectivity index (χ4v) is 2.84. The number of anilines is 1. The number of imidazole rings is 1. The van der Waals surface area contributed by atoms with Gasteiger partial charge in [-0.3, -0.25) is 9.20 Å². The first-order chi connectivity index (χ1) is 13.0. The Bertz CT molecular complexity index is 1130. The zero-order valence-corrected chi connectivity index (χ0v) is 13.8. The molecule has 2 heterocycles. The van der Waals surface area contributed by atoms with Gasteiger partial charge in [-0.05, 0) is 12.1 Å². The highest BCUT2D eigenvalue weighted by atomic mass is 19.1. The second kappa shape index (κ2) is 6.60. The molecule has 4 nitrogen and oxygen atoms in total. The molecule has 2 aromatic carbocycles. The molecular formula is C20H12F3N3O. The molecular weight excluding hydrogens is 355 g/mol. The Labute approximate surface area is 151 Å². The normalized spacial score (nSPS) is 10.9. The molecule has 1 amide bonds.